The Morgan fingerprint density at radius 1 is 1.24 bits per heavy atom. The Balaban J connectivity index is 1.58. The summed E-state index contributed by atoms with van der Waals surface area (Å²) < 4.78 is 5.05. The summed E-state index contributed by atoms with van der Waals surface area (Å²) in [6.45, 7) is 11.1. The first kappa shape index (κ1) is 16.6. The maximum absolute atomic E-state index is 11.6. The molecule has 122 valence electrons. The number of ether oxygens (including phenoxy) is 1. The van der Waals surface area contributed by atoms with E-state index < -0.39 is 0 Å². The van der Waals surface area contributed by atoms with Crippen molar-refractivity contribution in [1.82, 2.24) is 15.1 Å². The van der Waals surface area contributed by atoms with Crippen LogP contribution < -0.4 is 5.32 Å². The van der Waals surface area contributed by atoms with E-state index in [1.807, 2.05) is 11.8 Å². The third-order valence-corrected chi connectivity index (χ3v) is 4.54. The molecule has 2 rings (SSSR count). The van der Waals surface area contributed by atoms with Gasteiger partial charge in [-0.3, -0.25) is 0 Å². The van der Waals surface area contributed by atoms with Gasteiger partial charge >= 0.3 is 6.09 Å². The van der Waals surface area contributed by atoms with Crippen molar-refractivity contribution in [2.45, 2.75) is 45.6 Å². The third kappa shape index (κ3) is 5.47. The number of carbonyl (C=O) groups excluding carboxylic acids is 1. The van der Waals surface area contributed by atoms with Crippen molar-refractivity contribution in [2.75, 3.05) is 45.9 Å². The maximum atomic E-state index is 11.6. The van der Waals surface area contributed by atoms with Gasteiger partial charge in [0.15, 0.2) is 0 Å². The van der Waals surface area contributed by atoms with Gasteiger partial charge in [0.1, 0.15) is 0 Å². The van der Waals surface area contributed by atoms with Gasteiger partial charge < -0.3 is 19.9 Å². The van der Waals surface area contributed by atoms with Crippen LogP contribution in [0.3, 0.4) is 0 Å². The molecular formula is C16H31N3O2. The van der Waals surface area contributed by atoms with Gasteiger partial charge in [-0.05, 0) is 58.2 Å². The molecule has 0 aliphatic carbocycles. The molecule has 2 aliphatic rings. The lowest BCUT2D eigenvalue weighted by molar-refractivity contribution is 0.0946. The van der Waals surface area contributed by atoms with Crippen molar-refractivity contribution in [3.8, 4) is 0 Å². The number of hydrogen-bond acceptors (Lipinski definition) is 4. The molecule has 2 aliphatic heterocycles. The van der Waals surface area contributed by atoms with Gasteiger partial charge in [0, 0.05) is 25.7 Å². The first-order valence-electron chi connectivity index (χ1n) is 8.56. The molecule has 1 unspecified atom stereocenters. The molecule has 1 N–H and O–H groups in total. The zero-order valence-corrected chi connectivity index (χ0v) is 13.6. The van der Waals surface area contributed by atoms with Crippen molar-refractivity contribution in [1.29, 1.82) is 0 Å². The van der Waals surface area contributed by atoms with E-state index in [9.17, 15) is 4.79 Å². The molecule has 5 nitrogen and oxygen atoms in total. The van der Waals surface area contributed by atoms with Gasteiger partial charge in [0.25, 0.3) is 0 Å². The predicted molar refractivity (Wildman–Crippen MR) is 84.5 cm³/mol. The monoisotopic (exact) mass is 297 g/mol. The van der Waals surface area contributed by atoms with Crippen molar-refractivity contribution in [3.05, 3.63) is 0 Å². The molecule has 5 heteroatoms. The smallest absolute Gasteiger partial charge is 0.409 e. The normalized spacial score (nSPS) is 22.5. The summed E-state index contributed by atoms with van der Waals surface area (Å²) in [5.41, 5.74) is 0. The Bertz CT molecular complexity index is 311. The first-order chi connectivity index (χ1) is 10.2. The van der Waals surface area contributed by atoms with Crippen LogP contribution in [0, 0.1) is 5.92 Å². The first-order valence-corrected chi connectivity index (χ1v) is 8.56. The second-order valence-electron chi connectivity index (χ2n) is 6.48. The number of nitrogens with one attached hydrogen (secondary N) is 1. The van der Waals surface area contributed by atoms with E-state index in [4.69, 9.17) is 4.74 Å². The van der Waals surface area contributed by atoms with Crippen LogP contribution in [0.15, 0.2) is 0 Å². The fraction of sp³-hybridized carbons (Fsp3) is 0.938. The lowest BCUT2D eigenvalue weighted by Crippen LogP contribution is -2.46. The highest BCUT2D eigenvalue weighted by Crippen LogP contribution is 2.13. The lowest BCUT2D eigenvalue weighted by Gasteiger charge is -2.32. The topological polar surface area (TPSA) is 44.8 Å². The van der Waals surface area contributed by atoms with Crippen LogP contribution in [0.2, 0.25) is 0 Å². The molecule has 2 saturated heterocycles. The summed E-state index contributed by atoms with van der Waals surface area (Å²) in [6.07, 6.45) is 4.65. The highest BCUT2D eigenvalue weighted by atomic mass is 16.6. The number of amides is 1. The van der Waals surface area contributed by atoms with E-state index >= 15 is 0 Å². The summed E-state index contributed by atoms with van der Waals surface area (Å²) in [4.78, 5) is 16.0. The molecular weight excluding hydrogens is 266 g/mol. The van der Waals surface area contributed by atoms with E-state index in [1.54, 1.807) is 0 Å². The van der Waals surface area contributed by atoms with E-state index in [0.29, 0.717) is 18.6 Å². The molecule has 2 fully saturated rings. The van der Waals surface area contributed by atoms with Crippen molar-refractivity contribution < 1.29 is 9.53 Å². The number of rotatable bonds is 6. The van der Waals surface area contributed by atoms with Crippen molar-refractivity contribution in [2.24, 2.45) is 5.92 Å². The summed E-state index contributed by atoms with van der Waals surface area (Å²) in [6, 6.07) is 0.553. The summed E-state index contributed by atoms with van der Waals surface area (Å²) in [5.74, 6) is 0.700. The highest BCUT2D eigenvalue weighted by molar-refractivity contribution is 5.67. The van der Waals surface area contributed by atoms with Crippen LogP contribution in [-0.2, 0) is 4.74 Å². The molecule has 0 aromatic carbocycles. The van der Waals surface area contributed by atoms with Gasteiger partial charge in [-0.15, -0.1) is 0 Å². The minimum atomic E-state index is -0.154. The number of carbonyl (C=O) groups is 1. The molecule has 0 aromatic rings. The molecule has 1 atom stereocenters. The minimum absolute atomic E-state index is 0.154. The molecule has 2 heterocycles. The van der Waals surface area contributed by atoms with Crippen LogP contribution in [0.5, 0.6) is 0 Å². The Hall–Kier alpha value is -0.810. The van der Waals surface area contributed by atoms with Crippen LogP contribution in [0.25, 0.3) is 0 Å². The number of hydrogen-bond donors (Lipinski definition) is 1. The molecule has 0 saturated carbocycles. The van der Waals surface area contributed by atoms with Crippen LogP contribution in [0.4, 0.5) is 4.79 Å². The summed E-state index contributed by atoms with van der Waals surface area (Å²) >= 11 is 0. The van der Waals surface area contributed by atoms with Gasteiger partial charge in [0.05, 0.1) is 6.61 Å². The standard InChI is InChI=1S/C16H31N3O2/c1-3-21-16(20)19-10-6-15(7-11-19)17-12-14(2)13-18-8-4-5-9-18/h14-15,17H,3-13H2,1-2H3. The molecule has 0 spiro atoms. The number of likely N-dealkylation sites (tertiary alicyclic amines) is 2. The quantitative estimate of drug-likeness (QED) is 0.813. The van der Waals surface area contributed by atoms with Gasteiger partial charge in [0.2, 0.25) is 0 Å². The average Bonchev–Trinajstić information content (AvgIpc) is 2.99. The summed E-state index contributed by atoms with van der Waals surface area (Å²) in [7, 11) is 0. The minimum Gasteiger partial charge on any atom is -0.450 e. The van der Waals surface area contributed by atoms with E-state index in [1.165, 1.54) is 32.5 Å². The lowest BCUT2D eigenvalue weighted by atomic mass is 10.0. The van der Waals surface area contributed by atoms with Gasteiger partial charge in [-0.25, -0.2) is 4.79 Å². The Kier molecular flexibility index (Phi) is 6.77. The summed E-state index contributed by atoms with van der Waals surface area (Å²) in [5, 5.41) is 3.68. The fourth-order valence-corrected chi connectivity index (χ4v) is 3.32. The number of nitrogens with zero attached hydrogens (tertiary/aromatic N) is 2. The zero-order valence-electron chi connectivity index (χ0n) is 13.6. The van der Waals surface area contributed by atoms with Crippen LogP contribution in [-0.4, -0.2) is 67.8 Å². The zero-order chi connectivity index (χ0) is 15.1. The van der Waals surface area contributed by atoms with Crippen molar-refractivity contribution >= 4 is 6.09 Å². The van der Waals surface area contributed by atoms with E-state index in [2.05, 4.69) is 17.1 Å². The predicted octanol–water partition coefficient (Wildman–Crippen LogP) is 1.93. The Labute approximate surface area is 129 Å². The Morgan fingerprint density at radius 3 is 2.52 bits per heavy atom. The molecule has 0 aromatic heterocycles. The molecule has 0 bridgehead atoms. The second-order valence-corrected chi connectivity index (χ2v) is 6.48. The fourth-order valence-electron chi connectivity index (χ4n) is 3.32. The molecule has 0 radical (unpaired) electrons. The molecule has 21 heavy (non-hydrogen) atoms. The maximum Gasteiger partial charge on any atom is 0.409 e. The second kappa shape index (κ2) is 8.59. The number of piperidine rings is 1. The van der Waals surface area contributed by atoms with Crippen LogP contribution >= 0.6 is 0 Å². The largest absolute Gasteiger partial charge is 0.450 e. The van der Waals surface area contributed by atoms with E-state index in [0.717, 1.165) is 32.5 Å². The Morgan fingerprint density at radius 2 is 1.90 bits per heavy atom. The molecule has 1 amide bonds. The van der Waals surface area contributed by atoms with Gasteiger partial charge in [-0.1, -0.05) is 6.92 Å². The van der Waals surface area contributed by atoms with Crippen LogP contribution in [0.1, 0.15) is 39.5 Å². The third-order valence-electron chi connectivity index (χ3n) is 4.54. The van der Waals surface area contributed by atoms with Crippen molar-refractivity contribution in [3.63, 3.8) is 0 Å². The van der Waals surface area contributed by atoms with Gasteiger partial charge in [-0.2, -0.15) is 0 Å². The average molecular weight is 297 g/mol. The SMILES string of the molecule is CCOC(=O)N1CCC(NCC(C)CN2CCCC2)CC1. The van der Waals surface area contributed by atoms with E-state index in [-0.39, 0.29) is 6.09 Å². The highest BCUT2D eigenvalue weighted by Gasteiger charge is 2.23.